The highest BCUT2D eigenvalue weighted by atomic mass is 16.2. The zero-order valence-electron chi connectivity index (χ0n) is 17.0. The van der Waals surface area contributed by atoms with E-state index in [1.807, 2.05) is 54.9 Å². The van der Waals surface area contributed by atoms with E-state index in [1.54, 1.807) is 4.90 Å². The van der Waals surface area contributed by atoms with Gasteiger partial charge in [0.2, 0.25) is 5.91 Å². The zero-order valence-corrected chi connectivity index (χ0v) is 17.0. The molecule has 2 heterocycles. The summed E-state index contributed by atoms with van der Waals surface area (Å²) >= 11 is 0. The Balaban J connectivity index is 1.22. The second-order valence-corrected chi connectivity index (χ2v) is 7.65. The molecule has 3 amide bonds. The van der Waals surface area contributed by atoms with Crippen LogP contribution in [0.4, 0.5) is 10.5 Å². The Morgan fingerprint density at radius 1 is 1.07 bits per heavy atom. The van der Waals surface area contributed by atoms with Crippen LogP contribution >= 0.6 is 0 Å². The van der Waals surface area contributed by atoms with Gasteiger partial charge < -0.3 is 20.1 Å². The lowest BCUT2D eigenvalue weighted by molar-refractivity contribution is -0.126. The average molecular weight is 406 g/mol. The van der Waals surface area contributed by atoms with E-state index >= 15 is 0 Å². The number of hydrogen-bond donors (Lipinski definition) is 2. The van der Waals surface area contributed by atoms with Crippen LogP contribution in [0, 0.1) is 5.92 Å². The molecule has 1 saturated heterocycles. The number of urea groups is 1. The van der Waals surface area contributed by atoms with Gasteiger partial charge in [0.25, 0.3) is 0 Å². The number of aryl methyl sites for hydroxylation is 1. The summed E-state index contributed by atoms with van der Waals surface area (Å²) in [7, 11) is 0. The first-order valence-electron chi connectivity index (χ1n) is 10.5. The van der Waals surface area contributed by atoms with Crippen LogP contribution in [-0.4, -0.2) is 46.0 Å². The van der Waals surface area contributed by atoms with Crippen molar-refractivity contribution in [1.29, 1.82) is 0 Å². The fourth-order valence-corrected chi connectivity index (χ4v) is 3.89. The van der Waals surface area contributed by atoms with Gasteiger partial charge in [-0.2, -0.15) is 0 Å². The Hall–Kier alpha value is -3.35. The van der Waals surface area contributed by atoms with Gasteiger partial charge in [-0.15, -0.1) is 0 Å². The van der Waals surface area contributed by atoms with E-state index < -0.39 is 0 Å². The first kappa shape index (κ1) is 19.9. The second-order valence-electron chi connectivity index (χ2n) is 7.65. The predicted molar refractivity (Wildman–Crippen MR) is 117 cm³/mol. The summed E-state index contributed by atoms with van der Waals surface area (Å²) in [5, 5.41) is 5.94. The number of nitrogens with zero attached hydrogens (tertiary/aromatic N) is 3. The van der Waals surface area contributed by atoms with Crippen LogP contribution < -0.4 is 10.6 Å². The highest BCUT2D eigenvalue weighted by Gasteiger charge is 2.28. The minimum atomic E-state index is -0.158. The van der Waals surface area contributed by atoms with Crippen LogP contribution in [0.15, 0.2) is 60.9 Å². The standard InChI is InChI=1S/C23H27N5O2/c29-22(24-13-7-15-28-17-25-20-11-4-5-12-21(20)28)18-8-6-14-27(16-18)23(30)26-19-9-2-1-3-10-19/h1-5,9-12,17-18H,6-8,13-16H2,(H,24,29)(H,26,30). The maximum Gasteiger partial charge on any atom is 0.321 e. The van der Waals surface area contributed by atoms with Crippen molar-refractivity contribution in [3.05, 3.63) is 60.9 Å². The summed E-state index contributed by atoms with van der Waals surface area (Å²) < 4.78 is 2.11. The van der Waals surface area contributed by atoms with Crippen molar-refractivity contribution < 1.29 is 9.59 Å². The summed E-state index contributed by atoms with van der Waals surface area (Å²) in [5.74, 6) is -0.128. The number of aromatic nitrogens is 2. The molecule has 7 heteroatoms. The van der Waals surface area contributed by atoms with E-state index in [1.165, 1.54) is 0 Å². The van der Waals surface area contributed by atoms with Crippen molar-refractivity contribution in [3.8, 4) is 0 Å². The van der Waals surface area contributed by atoms with Crippen LogP contribution in [0.3, 0.4) is 0 Å². The number of piperidine rings is 1. The monoisotopic (exact) mass is 405 g/mol. The lowest BCUT2D eigenvalue weighted by Crippen LogP contribution is -2.47. The van der Waals surface area contributed by atoms with E-state index in [9.17, 15) is 9.59 Å². The number of anilines is 1. The smallest absolute Gasteiger partial charge is 0.321 e. The summed E-state index contributed by atoms with van der Waals surface area (Å²) in [6.45, 7) is 2.54. The highest BCUT2D eigenvalue weighted by molar-refractivity contribution is 5.90. The largest absolute Gasteiger partial charge is 0.356 e. The topological polar surface area (TPSA) is 79.3 Å². The molecule has 0 radical (unpaired) electrons. The number of imidazole rings is 1. The van der Waals surface area contributed by atoms with Crippen LogP contribution in [0.2, 0.25) is 0 Å². The van der Waals surface area contributed by atoms with Crippen molar-refractivity contribution in [2.45, 2.75) is 25.8 Å². The summed E-state index contributed by atoms with van der Waals surface area (Å²) in [6.07, 6.45) is 4.32. The van der Waals surface area contributed by atoms with E-state index in [-0.39, 0.29) is 17.9 Å². The number of nitrogens with one attached hydrogen (secondary N) is 2. The Labute approximate surface area is 176 Å². The number of amides is 3. The molecule has 156 valence electrons. The highest BCUT2D eigenvalue weighted by Crippen LogP contribution is 2.18. The predicted octanol–water partition coefficient (Wildman–Crippen LogP) is 3.49. The Kier molecular flexibility index (Phi) is 6.27. The molecular weight excluding hydrogens is 378 g/mol. The van der Waals surface area contributed by atoms with Crippen molar-refractivity contribution in [1.82, 2.24) is 19.8 Å². The van der Waals surface area contributed by atoms with Gasteiger partial charge >= 0.3 is 6.03 Å². The number of para-hydroxylation sites is 3. The van der Waals surface area contributed by atoms with Crippen LogP contribution in [0.25, 0.3) is 11.0 Å². The van der Waals surface area contributed by atoms with Crippen molar-refractivity contribution >= 4 is 28.7 Å². The SMILES string of the molecule is O=C(NCCCn1cnc2ccccc21)C1CCCN(C(=O)Nc2ccccc2)C1. The Morgan fingerprint density at radius 2 is 1.87 bits per heavy atom. The number of hydrogen-bond acceptors (Lipinski definition) is 3. The Morgan fingerprint density at radius 3 is 2.73 bits per heavy atom. The molecule has 0 spiro atoms. The van der Waals surface area contributed by atoms with Gasteiger partial charge in [-0.25, -0.2) is 9.78 Å². The minimum Gasteiger partial charge on any atom is -0.356 e. The number of benzene rings is 2. The molecule has 0 aliphatic carbocycles. The molecule has 4 rings (SSSR count). The maximum absolute atomic E-state index is 12.6. The number of rotatable bonds is 6. The Bertz CT molecular complexity index is 1000. The molecule has 1 atom stereocenters. The van der Waals surface area contributed by atoms with Gasteiger partial charge in [-0.1, -0.05) is 30.3 Å². The van der Waals surface area contributed by atoms with Crippen molar-refractivity contribution in [2.75, 3.05) is 25.0 Å². The summed E-state index contributed by atoms with van der Waals surface area (Å²) in [6, 6.07) is 17.3. The molecule has 1 aliphatic heterocycles. The number of fused-ring (bicyclic) bond motifs is 1. The van der Waals surface area contributed by atoms with Gasteiger partial charge in [-0.05, 0) is 43.5 Å². The fraction of sp³-hybridized carbons (Fsp3) is 0.348. The first-order chi connectivity index (χ1) is 14.7. The number of carbonyl (C=O) groups is 2. The lowest BCUT2D eigenvalue weighted by atomic mass is 9.97. The average Bonchev–Trinajstić information content (AvgIpc) is 3.20. The third-order valence-corrected chi connectivity index (χ3v) is 5.51. The van der Waals surface area contributed by atoms with Crippen LogP contribution in [0.5, 0.6) is 0 Å². The third-order valence-electron chi connectivity index (χ3n) is 5.51. The summed E-state index contributed by atoms with van der Waals surface area (Å²) in [4.78, 5) is 31.2. The van der Waals surface area contributed by atoms with Crippen LogP contribution in [0.1, 0.15) is 19.3 Å². The van der Waals surface area contributed by atoms with Gasteiger partial charge in [0, 0.05) is 31.9 Å². The molecule has 1 fully saturated rings. The molecule has 2 aromatic carbocycles. The van der Waals surface area contributed by atoms with Gasteiger partial charge in [0.1, 0.15) is 0 Å². The molecule has 2 N–H and O–H groups in total. The van der Waals surface area contributed by atoms with Gasteiger partial charge in [0.05, 0.1) is 23.3 Å². The lowest BCUT2D eigenvalue weighted by Gasteiger charge is -2.32. The third kappa shape index (κ3) is 4.79. The normalized spacial score (nSPS) is 16.4. The molecule has 0 saturated carbocycles. The molecule has 0 bridgehead atoms. The molecule has 7 nitrogen and oxygen atoms in total. The number of carbonyl (C=O) groups excluding carboxylic acids is 2. The molecule has 30 heavy (non-hydrogen) atoms. The molecule has 1 aromatic heterocycles. The maximum atomic E-state index is 12.6. The van der Waals surface area contributed by atoms with Crippen molar-refractivity contribution in [2.24, 2.45) is 5.92 Å². The van der Waals surface area contributed by atoms with Crippen molar-refractivity contribution in [3.63, 3.8) is 0 Å². The zero-order chi connectivity index (χ0) is 20.8. The minimum absolute atomic E-state index is 0.0303. The number of likely N-dealkylation sites (tertiary alicyclic amines) is 1. The molecular formula is C23H27N5O2. The first-order valence-corrected chi connectivity index (χ1v) is 10.5. The summed E-state index contributed by atoms with van der Waals surface area (Å²) in [5.41, 5.74) is 2.86. The quantitative estimate of drug-likeness (QED) is 0.616. The van der Waals surface area contributed by atoms with Crippen LogP contribution in [-0.2, 0) is 11.3 Å². The van der Waals surface area contributed by atoms with E-state index in [0.29, 0.717) is 19.6 Å². The van der Waals surface area contributed by atoms with Gasteiger partial charge in [-0.3, -0.25) is 4.79 Å². The fourth-order valence-electron chi connectivity index (χ4n) is 3.89. The van der Waals surface area contributed by atoms with Gasteiger partial charge in [0.15, 0.2) is 0 Å². The van der Waals surface area contributed by atoms with E-state index in [0.717, 1.165) is 42.5 Å². The second kappa shape index (κ2) is 9.43. The molecule has 1 unspecified atom stereocenters. The van der Waals surface area contributed by atoms with E-state index in [2.05, 4.69) is 26.3 Å². The van der Waals surface area contributed by atoms with E-state index in [4.69, 9.17) is 0 Å². The molecule has 3 aromatic rings. The molecule has 1 aliphatic rings.